The molecule has 25 heavy (non-hydrogen) atoms. The molecule has 0 fully saturated rings. The van der Waals surface area contributed by atoms with Crippen LogP contribution < -0.4 is 10.9 Å². The van der Waals surface area contributed by atoms with Crippen LogP contribution in [0.15, 0.2) is 45.9 Å². The van der Waals surface area contributed by atoms with Gasteiger partial charge in [0.15, 0.2) is 12.0 Å². The van der Waals surface area contributed by atoms with E-state index in [1.807, 2.05) is 38.1 Å². The Balaban J connectivity index is 1.69. The highest BCUT2D eigenvalue weighted by Crippen LogP contribution is 2.28. The van der Waals surface area contributed by atoms with E-state index in [1.165, 1.54) is 6.39 Å². The van der Waals surface area contributed by atoms with Crippen molar-refractivity contribution in [2.24, 2.45) is 0 Å². The molecule has 2 heterocycles. The summed E-state index contributed by atoms with van der Waals surface area (Å²) >= 11 is 6.04. The molecule has 0 saturated carbocycles. The number of nitrogens with zero attached hydrogens (tertiary/aromatic N) is 1. The molecule has 0 spiro atoms. The average Bonchev–Trinajstić information content (AvgIpc) is 3.08. The Kier molecular flexibility index (Phi) is 3.73. The lowest BCUT2D eigenvalue weighted by atomic mass is 10.1. The first kappa shape index (κ1) is 15.7. The second-order valence-corrected chi connectivity index (χ2v) is 6.54. The molecule has 0 aliphatic rings. The standard InChI is InChI=1S/C19H16ClN3O2/c1-10-5-16(11(2)17-18(10)25-9-22-17)21-8-13-6-12-7-14(20)3-4-15(12)23-19(13)24/h3-7,9,21H,8H2,1-2H3,(H,23,24). The van der Waals surface area contributed by atoms with Gasteiger partial charge in [0.2, 0.25) is 0 Å². The molecule has 0 atom stereocenters. The zero-order valence-electron chi connectivity index (χ0n) is 13.8. The fourth-order valence-electron chi connectivity index (χ4n) is 3.04. The number of H-pyrrole nitrogens is 1. The van der Waals surface area contributed by atoms with Crippen LogP contribution in [0.4, 0.5) is 5.69 Å². The molecule has 0 unspecified atom stereocenters. The number of oxazole rings is 1. The van der Waals surface area contributed by atoms with Crippen molar-refractivity contribution >= 4 is 39.3 Å². The average molecular weight is 354 g/mol. The summed E-state index contributed by atoms with van der Waals surface area (Å²) < 4.78 is 5.42. The van der Waals surface area contributed by atoms with Crippen molar-refractivity contribution in [1.82, 2.24) is 9.97 Å². The number of aromatic nitrogens is 2. The van der Waals surface area contributed by atoms with E-state index < -0.39 is 0 Å². The van der Waals surface area contributed by atoms with Gasteiger partial charge in [0.05, 0.1) is 0 Å². The second kappa shape index (κ2) is 5.93. The van der Waals surface area contributed by atoms with Gasteiger partial charge in [-0.15, -0.1) is 0 Å². The maximum atomic E-state index is 12.3. The van der Waals surface area contributed by atoms with Crippen molar-refractivity contribution in [3.63, 3.8) is 0 Å². The molecule has 0 amide bonds. The van der Waals surface area contributed by atoms with Crippen LogP contribution in [0.1, 0.15) is 16.7 Å². The predicted octanol–water partition coefficient (Wildman–Crippen LogP) is 4.55. The van der Waals surface area contributed by atoms with Crippen LogP contribution in [0.25, 0.3) is 22.0 Å². The Morgan fingerprint density at radius 1 is 1.24 bits per heavy atom. The Labute approximate surface area is 148 Å². The summed E-state index contributed by atoms with van der Waals surface area (Å²) in [6.45, 7) is 4.36. The fraction of sp³-hybridized carbons (Fsp3) is 0.158. The zero-order chi connectivity index (χ0) is 17.6. The fourth-order valence-corrected chi connectivity index (χ4v) is 3.22. The normalized spacial score (nSPS) is 11.3. The molecule has 0 bridgehead atoms. The van der Waals surface area contributed by atoms with Gasteiger partial charge in [-0.2, -0.15) is 0 Å². The molecule has 0 aliphatic carbocycles. The molecule has 2 aromatic carbocycles. The lowest BCUT2D eigenvalue weighted by Crippen LogP contribution is -2.16. The van der Waals surface area contributed by atoms with E-state index in [4.69, 9.17) is 16.0 Å². The third-order valence-electron chi connectivity index (χ3n) is 4.40. The van der Waals surface area contributed by atoms with Crippen LogP contribution >= 0.6 is 11.6 Å². The van der Waals surface area contributed by atoms with Crippen molar-refractivity contribution in [2.75, 3.05) is 5.32 Å². The molecule has 4 aromatic rings. The summed E-state index contributed by atoms with van der Waals surface area (Å²) in [4.78, 5) is 19.5. The number of hydrogen-bond donors (Lipinski definition) is 2. The molecule has 0 saturated heterocycles. The van der Waals surface area contributed by atoms with E-state index in [-0.39, 0.29) is 5.56 Å². The zero-order valence-corrected chi connectivity index (χ0v) is 14.6. The van der Waals surface area contributed by atoms with E-state index in [0.29, 0.717) is 17.1 Å². The SMILES string of the molecule is Cc1c(NCc2cc3cc(Cl)ccc3[nH]c2=O)cc(C)c2ocnc12. The van der Waals surface area contributed by atoms with E-state index >= 15 is 0 Å². The van der Waals surface area contributed by atoms with Crippen molar-refractivity contribution in [3.8, 4) is 0 Å². The third kappa shape index (κ3) is 2.76. The van der Waals surface area contributed by atoms with Gasteiger partial charge in [0, 0.05) is 39.3 Å². The van der Waals surface area contributed by atoms with E-state index in [0.717, 1.165) is 38.8 Å². The highest BCUT2D eigenvalue weighted by molar-refractivity contribution is 6.31. The van der Waals surface area contributed by atoms with E-state index in [2.05, 4.69) is 15.3 Å². The number of fused-ring (bicyclic) bond motifs is 2. The van der Waals surface area contributed by atoms with Gasteiger partial charge in [-0.3, -0.25) is 4.79 Å². The summed E-state index contributed by atoms with van der Waals surface area (Å²) in [5.74, 6) is 0. The van der Waals surface area contributed by atoms with Crippen molar-refractivity contribution in [3.05, 3.63) is 68.8 Å². The first-order valence-corrected chi connectivity index (χ1v) is 8.29. The molecule has 2 N–H and O–H groups in total. The summed E-state index contributed by atoms with van der Waals surface area (Å²) in [6, 6.07) is 9.28. The molecule has 5 nitrogen and oxygen atoms in total. The van der Waals surface area contributed by atoms with Crippen molar-refractivity contribution in [1.29, 1.82) is 0 Å². The number of rotatable bonds is 3. The molecular formula is C19H16ClN3O2. The maximum Gasteiger partial charge on any atom is 0.253 e. The Morgan fingerprint density at radius 3 is 2.92 bits per heavy atom. The second-order valence-electron chi connectivity index (χ2n) is 6.10. The van der Waals surface area contributed by atoms with Crippen LogP contribution in [-0.2, 0) is 6.54 Å². The highest BCUT2D eigenvalue weighted by atomic mass is 35.5. The van der Waals surface area contributed by atoms with E-state index in [9.17, 15) is 4.79 Å². The number of benzene rings is 2. The number of halogens is 1. The van der Waals surface area contributed by atoms with Gasteiger partial charge in [-0.1, -0.05) is 11.6 Å². The van der Waals surface area contributed by atoms with Crippen LogP contribution in [0.2, 0.25) is 5.02 Å². The smallest absolute Gasteiger partial charge is 0.253 e. The number of aromatic amines is 1. The van der Waals surface area contributed by atoms with Crippen LogP contribution in [-0.4, -0.2) is 9.97 Å². The topological polar surface area (TPSA) is 70.9 Å². The highest BCUT2D eigenvalue weighted by Gasteiger charge is 2.11. The minimum Gasteiger partial charge on any atom is -0.443 e. The van der Waals surface area contributed by atoms with Gasteiger partial charge in [-0.25, -0.2) is 4.98 Å². The summed E-state index contributed by atoms with van der Waals surface area (Å²) in [5, 5.41) is 4.88. The number of hydrogen-bond acceptors (Lipinski definition) is 4. The Bertz CT molecular complexity index is 1160. The van der Waals surface area contributed by atoms with Gasteiger partial charge < -0.3 is 14.7 Å². The first-order chi connectivity index (χ1) is 12.0. The van der Waals surface area contributed by atoms with Crippen LogP contribution in [0, 0.1) is 13.8 Å². The molecule has 2 aromatic heterocycles. The minimum atomic E-state index is -0.112. The summed E-state index contributed by atoms with van der Waals surface area (Å²) in [7, 11) is 0. The number of pyridine rings is 1. The van der Waals surface area contributed by atoms with Gasteiger partial charge in [-0.05, 0) is 49.7 Å². The largest absolute Gasteiger partial charge is 0.443 e. The first-order valence-electron chi connectivity index (χ1n) is 7.91. The third-order valence-corrected chi connectivity index (χ3v) is 4.63. The molecule has 6 heteroatoms. The number of nitrogens with one attached hydrogen (secondary N) is 2. The predicted molar refractivity (Wildman–Crippen MR) is 100 cm³/mol. The maximum absolute atomic E-state index is 12.3. The summed E-state index contributed by atoms with van der Waals surface area (Å²) in [6.07, 6.45) is 1.45. The van der Waals surface area contributed by atoms with Gasteiger partial charge in [0.1, 0.15) is 5.52 Å². The number of aryl methyl sites for hydroxylation is 2. The monoisotopic (exact) mass is 353 g/mol. The summed E-state index contributed by atoms with van der Waals surface area (Å²) in [5.41, 5.74) is 5.86. The van der Waals surface area contributed by atoms with Crippen LogP contribution in [0.3, 0.4) is 0 Å². The molecule has 126 valence electrons. The van der Waals surface area contributed by atoms with Gasteiger partial charge >= 0.3 is 0 Å². The minimum absolute atomic E-state index is 0.112. The lowest BCUT2D eigenvalue weighted by Gasteiger charge is -2.11. The molecular weight excluding hydrogens is 338 g/mol. The Hall–Kier alpha value is -2.79. The van der Waals surface area contributed by atoms with E-state index in [1.54, 1.807) is 6.07 Å². The van der Waals surface area contributed by atoms with Crippen molar-refractivity contribution in [2.45, 2.75) is 20.4 Å². The lowest BCUT2D eigenvalue weighted by molar-refractivity contribution is 0.600. The number of anilines is 1. The van der Waals surface area contributed by atoms with Crippen LogP contribution in [0.5, 0.6) is 0 Å². The van der Waals surface area contributed by atoms with Gasteiger partial charge in [0.25, 0.3) is 5.56 Å². The quantitative estimate of drug-likeness (QED) is 0.566. The van der Waals surface area contributed by atoms with Crippen molar-refractivity contribution < 1.29 is 4.42 Å². The molecule has 0 aliphatic heterocycles. The molecule has 4 rings (SSSR count). The molecule has 0 radical (unpaired) electrons. The Morgan fingerprint density at radius 2 is 2.08 bits per heavy atom.